The second kappa shape index (κ2) is 7.09. The lowest BCUT2D eigenvalue weighted by atomic mass is 9.77. The monoisotopic (exact) mass is 338 g/mol. The van der Waals surface area contributed by atoms with E-state index in [9.17, 15) is 14.7 Å². The zero-order valence-electron chi connectivity index (χ0n) is 15.0. The van der Waals surface area contributed by atoms with Gasteiger partial charge >= 0.3 is 12.1 Å². The number of carboxylic acids is 1. The Balaban J connectivity index is 3.09. The molecule has 1 amide bonds. The molecule has 0 aromatic heterocycles. The third-order valence-corrected chi connectivity index (χ3v) is 3.58. The summed E-state index contributed by atoms with van der Waals surface area (Å²) in [4.78, 5) is 23.1. The first-order chi connectivity index (χ1) is 10.9. The van der Waals surface area contributed by atoms with Gasteiger partial charge in [-0.05, 0) is 26.8 Å². The van der Waals surface area contributed by atoms with Crippen molar-refractivity contribution in [1.82, 2.24) is 0 Å². The van der Waals surface area contributed by atoms with Gasteiger partial charge in [0.25, 0.3) is 0 Å². The topological polar surface area (TPSA) is 111 Å². The van der Waals surface area contributed by atoms with Crippen LogP contribution in [0.2, 0.25) is 0 Å². The second-order valence-electron chi connectivity index (χ2n) is 7.08. The zero-order valence-corrected chi connectivity index (χ0v) is 15.0. The minimum atomic E-state index is -1.10. The van der Waals surface area contributed by atoms with Crippen LogP contribution in [-0.4, -0.2) is 35.9 Å². The van der Waals surface area contributed by atoms with E-state index in [2.05, 4.69) is 5.32 Å². The molecular weight excluding hydrogens is 312 g/mol. The molecule has 0 saturated carbocycles. The molecule has 0 aliphatic rings. The fraction of sp³-hybridized carbons (Fsp3) is 0.529. The molecule has 0 radical (unpaired) electrons. The van der Waals surface area contributed by atoms with Crippen LogP contribution in [0.25, 0.3) is 0 Å². The minimum Gasteiger partial charge on any atom is -0.496 e. The predicted octanol–water partition coefficient (Wildman–Crippen LogP) is 2.73. The summed E-state index contributed by atoms with van der Waals surface area (Å²) in [5.74, 6) is -0.664. The van der Waals surface area contributed by atoms with Crippen molar-refractivity contribution in [2.45, 2.75) is 51.7 Å². The Bertz CT molecular complexity index is 620. The number of ether oxygens (including phenoxy) is 2. The molecule has 134 valence electrons. The summed E-state index contributed by atoms with van der Waals surface area (Å²) >= 11 is 0. The van der Waals surface area contributed by atoms with Gasteiger partial charge in [0.05, 0.1) is 7.11 Å². The summed E-state index contributed by atoms with van der Waals surface area (Å²) in [5.41, 5.74) is 5.44. The summed E-state index contributed by atoms with van der Waals surface area (Å²) in [6.45, 7) is 8.76. The first kappa shape index (κ1) is 19.8. The third kappa shape index (κ3) is 4.86. The fourth-order valence-electron chi connectivity index (χ4n) is 2.20. The molecule has 0 bridgehead atoms. The van der Waals surface area contributed by atoms with Gasteiger partial charge in [-0.2, -0.15) is 0 Å². The normalized spacial score (nSPS) is 13.1. The van der Waals surface area contributed by atoms with Crippen molar-refractivity contribution < 1.29 is 24.2 Å². The van der Waals surface area contributed by atoms with Crippen LogP contribution < -0.4 is 15.8 Å². The molecule has 4 N–H and O–H groups in total. The van der Waals surface area contributed by atoms with Crippen LogP contribution in [0.5, 0.6) is 5.75 Å². The van der Waals surface area contributed by atoms with E-state index in [1.54, 1.807) is 52.8 Å². The molecule has 7 heteroatoms. The van der Waals surface area contributed by atoms with Crippen molar-refractivity contribution in [1.29, 1.82) is 0 Å². The number of rotatable bonds is 5. The maximum atomic E-state index is 11.8. The van der Waals surface area contributed by atoms with E-state index in [4.69, 9.17) is 15.2 Å². The molecule has 0 aliphatic carbocycles. The number of hydrogen-bond donors (Lipinski definition) is 3. The van der Waals surface area contributed by atoms with Crippen LogP contribution in [0.1, 0.15) is 40.2 Å². The summed E-state index contributed by atoms with van der Waals surface area (Å²) in [6.07, 6.45) is -0.584. The number of benzene rings is 1. The minimum absolute atomic E-state index is 0.435. The number of carbonyl (C=O) groups is 2. The van der Waals surface area contributed by atoms with Gasteiger partial charge in [0.15, 0.2) is 0 Å². The number of nitrogens with two attached hydrogens (primary N) is 1. The summed E-state index contributed by atoms with van der Waals surface area (Å²) < 4.78 is 10.5. The summed E-state index contributed by atoms with van der Waals surface area (Å²) in [6, 6.07) is 3.85. The third-order valence-electron chi connectivity index (χ3n) is 3.58. The summed E-state index contributed by atoms with van der Waals surface area (Å²) in [5, 5.41) is 11.8. The Morgan fingerprint density at radius 1 is 1.21 bits per heavy atom. The quantitative estimate of drug-likeness (QED) is 0.761. The largest absolute Gasteiger partial charge is 0.496 e. The van der Waals surface area contributed by atoms with E-state index in [-0.39, 0.29) is 0 Å². The molecule has 1 rings (SSSR count). The highest BCUT2D eigenvalue weighted by molar-refractivity contribution is 5.85. The Labute approximate surface area is 142 Å². The van der Waals surface area contributed by atoms with Crippen LogP contribution in [-0.2, 0) is 14.9 Å². The Morgan fingerprint density at radius 3 is 2.25 bits per heavy atom. The van der Waals surface area contributed by atoms with Crippen LogP contribution in [0.15, 0.2) is 18.2 Å². The number of carboxylic acid groups (broad SMARTS) is 1. The number of anilines is 1. The Kier molecular flexibility index (Phi) is 5.84. The Hall–Kier alpha value is -2.28. The van der Waals surface area contributed by atoms with Gasteiger partial charge in [0.2, 0.25) is 0 Å². The van der Waals surface area contributed by atoms with Crippen molar-refractivity contribution in [3.8, 4) is 5.75 Å². The van der Waals surface area contributed by atoms with E-state index >= 15 is 0 Å². The van der Waals surface area contributed by atoms with Gasteiger partial charge in [-0.3, -0.25) is 10.1 Å². The standard InChI is InChI=1S/C17H26N2O5/c1-16(2,3)24-15(22)19-10-7-8-11(12(9-10)23-6)17(4,5)13(18)14(20)21/h7-9,13H,18H2,1-6H3,(H,19,22)(H,20,21). The van der Waals surface area contributed by atoms with Gasteiger partial charge in [-0.25, -0.2) is 4.79 Å². The number of carbonyl (C=O) groups excluding carboxylic acids is 1. The smallest absolute Gasteiger partial charge is 0.412 e. The lowest BCUT2D eigenvalue weighted by Gasteiger charge is -2.31. The van der Waals surface area contributed by atoms with Gasteiger partial charge in [-0.1, -0.05) is 19.9 Å². The van der Waals surface area contributed by atoms with Crippen molar-refractivity contribution in [2.75, 3.05) is 12.4 Å². The average molecular weight is 338 g/mol. The molecular formula is C17H26N2O5. The average Bonchev–Trinajstić information content (AvgIpc) is 2.43. The predicted molar refractivity (Wildman–Crippen MR) is 91.5 cm³/mol. The molecule has 0 fully saturated rings. The molecule has 0 spiro atoms. The lowest BCUT2D eigenvalue weighted by Crippen LogP contribution is -2.47. The number of methoxy groups -OCH3 is 1. The first-order valence-corrected chi connectivity index (χ1v) is 7.55. The SMILES string of the molecule is COc1cc(NC(=O)OC(C)(C)C)ccc1C(C)(C)C(N)C(=O)O. The second-order valence-corrected chi connectivity index (χ2v) is 7.08. The zero-order chi connectivity index (χ0) is 18.7. The van der Waals surface area contributed by atoms with E-state index in [0.717, 1.165) is 0 Å². The molecule has 7 nitrogen and oxygen atoms in total. The lowest BCUT2D eigenvalue weighted by molar-refractivity contribution is -0.140. The number of aliphatic carboxylic acids is 1. The molecule has 1 aromatic carbocycles. The maximum absolute atomic E-state index is 11.8. The van der Waals surface area contributed by atoms with Crippen molar-refractivity contribution in [3.05, 3.63) is 23.8 Å². The first-order valence-electron chi connectivity index (χ1n) is 7.55. The van der Waals surface area contributed by atoms with Crippen molar-refractivity contribution >= 4 is 17.7 Å². The van der Waals surface area contributed by atoms with E-state index < -0.39 is 29.1 Å². The molecule has 0 heterocycles. The van der Waals surface area contributed by atoms with Crippen molar-refractivity contribution in [3.63, 3.8) is 0 Å². The van der Waals surface area contributed by atoms with Gasteiger partial charge in [0, 0.05) is 22.7 Å². The number of hydrogen-bond acceptors (Lipinski definition) is 5. The van der Waals surface area contributed by atoms with Gasteiger partial charge in [0.1, 0.15) is 17.4 Å². The molecule has 1 aromatic rings. The van der Waals surface area contributed by atoms with Gasteiger partial charge < -0.3 is 20.3 Å². The molecule has 24 heavy (non-hydrogen) atoms. The molecule has 1 atom stereocenters. The van der Waals surface area contributed by atoms with E-state index in [1.807, 2.05) is 0 Å². The molecule has 1 unspecified atom stereocenters. The van der Waals surface area contributed by atoms with Crippen molar-refractivity contribution in [2.24, 2.45) is 5.73 Å². The number of amides is 1. The highest BCUT2D eigenvalue weighted by Gasteiger charge is 2.36. The number of nitrogens with one attached hydrogen (secondary N) is 1. The van der Waals surface area contributed by atoms with Crippen LogP contribution in [0.3, 0.4) is 0 Å². The molecule has 0 aliphatic heterocycles. The van der Waals surface area contributed by atoms with Crippen LogP contribution in [0, 0.1) is 0 Å². The Morgan fingerprint density at radius 2 is 1.79 bits per heavy atom. The van der Waals surface area contributed by atoms with E-state index in [0.29, 0.717) is 17.0 Å². The summed E-state index contributed by atoms with van der Waals surface area (Å²) in [7, 11) is 1.47. The van der Waals surface area contributed by atoms with Crippen LogP contribution in [0.4, 0.5) is 10.5 Å². The fourth-order valence-corrected chi connectivity index (χ4v) is 2.20. The molecule has 0 saturated heterocycles. The highest BCUT2D eigenvalue weighted by Crippen LogP contribution is 2.35. The van der Waals surface area contributed by atoms with Crippen LogP contribution >= 0.6 is 0 Å². The maximum Gasteiger partial charge on any atom is 0.412 e. The van der Waals surface area contributed by atoms with E-state index in [1.165, 1.54) is 7.11 Å². The van der Waals surface area contributed by atoms with Gasteiger partial charge in [-0.15, -0.1) is 0 Å². The highest BCUT2D eigenvalue weighted by atomic mass is 16.6.